The van der Waals surface area contributed by atoms with Crippen LogP contribution in [0, 0.1) is 0 Å². The first-order valence-electron chi connectivity index (χ1n) is 17.4. The van der Waals surface area contributed by atoms with E-state index < -0.39 is 17.1 Å². The Morgan fingerprint density at radius 1 is 0.818 bits per heavy atom. The van der Waals surface area contributed by atoms with E-state index in [4.69, 9.17) is 59.2 Å². The van der Waals surface area contributed by atoms with Crippen LogP contribution in [0.5, 0.6) is 17.5 Å². The van der Waals surface area contributed by atoms with Gasteiger partial charge < -0.3 is 39.6 Å². The van der Waals surface area contributed by atoms with Gasteiger partial charge in [-0.25, -0.2) is 0 Å². The minimum Gasteiger partial charge on any atom is -0.612 e. The number of nitrogens with zero attached hydrogens (tertiary/aromatic N) is 2. The van der Waals surface area contributed by atoms with Crippen molar-refractivity contribution in [3.05, 3.63) is 117 Å². The maximum atomic E-state index is 12.0. The molecule has 0 bridgehead atoms. The summed E-state index contributed by atoms with van der Waals surface area (Å²) in [5, 5.41) is 25.4. The van der Waals surface area contributed by atoms with Gasteiger partial charge >= 0.3 is 5.97 Å². The fraction of sp³-hybridized carbons (Fsp3) is 0.275. The molecule has 15 heteroatoms. The first kappa shape index (κ1) is 42.0. The van der Waals surface area contributed by atoms with Crippen molar-refractivity contribution in [2.24, 2.45) is 0 Å². The van der Waals surface area contributed by atoms with Gasteiger partial charge in [-0.05, 0) is 47.9 Å². The molecule has 0 amide bonds. The summed E-state index contributed by atoms with van der Waals surface area (Å²) in [4.78, 5) is 20.3. The fourth-order valence-corrected chi connectivity index (χ4v) is 6.84. The van der Waals surface area contributed by atoms with Gasteiger partial charge in [-0.3, -0.25) is 9.78 Å². The molecule has 0 saturated heterocycles. The molecule has 0 aliphatic rings. The number of hydrogen-bond donors (Lipinski definition) is 4. The van der Waals surface area contributed by atoms with Gasteiger partial charge in [0.25, 0.3) is 0 Å². The third-order valence-electron chi connectivity index (χ3n) is 8.25. The highest BCUT2D eigenvalue weighted by molar-refractivity contribution is 7.90. The lowest BCUT2D eigenvalue weighted by Crippen LogP contribution is -2.23. The molecule has 3 aromatic carbocycles. The summed E-state index contributed by atoms with van der Waals surface area (Å²) in [6.45, 7) is 2.60. The molecule has 2 heterocycles. The number of aliphatic hydroxyl groups is 1. The number of aliphatic carboxylic acids is 1. The monoisotopic (exact) mass is 826 g/mol. The largest absolute Gasteiger partial charge is 0.612 e. The van der Waals surface area contributed by atoms with Crippen molar-refractivity contribution in [2.75, 3.05) is 39.1 Å². The number of aromatic nitrogens is 2. The Hall–Kier alpha value is -4.11. The first-order chi connectivity index (χ1) is 26.6. The Balaban J connectivity index is 1.32. The minimum atomic E-state index is -1.21. The Morgan fingerprint density at radius 3 is 2.29 bits per heavy atom. The molecule has 1 unspecified atom stereocenters. The molecule has 11 nitrogen and oxygen atoms in total. The summed E-state index contributed by atoms with van der Waals surface area (Å²) in [6, 6.07) is 22.5. The predicted molar refractivity (Wildman–Crippen MR) is 216 cm³/mol. The zero-order valence-electron chi connectivity index (χ0n) is 30.0. The number of ether oxygens (including phenoxy) is 3. The van der Waals surface area contributed by atoms with E-state index in [1.54, 1.807) is 30.8 Å². The van der Waals surface area contributed by atoms with Crippen LogP contribution in [0.3, 0.4) is 0 Å². The van der Waals surface area contributed by atoms with E-state index in [2.05, 4.69) is 20.6 Å². The van der Waals surface area contributed by atoms with Crippen molar-refractivity contribution in [2.45, 2.75) is 37.5 Å². The van der Waals surface area contributed by atoms with Gasteiger partial charge in [-0.15, -0.1) is 0 Å². The van der Waals surface area contributed by atoms with Crippen molar-refractivity contribution in [1.29, 1.82) is 0 Å². The van der Waals surface area contributed by atoms with E-state index >= 15 is 0 Å². The van der Waals surface area contributed by atoms with E-state index in [1.807, 2.05) is 60.7 Å². The van der Waals surface area contributed by atoms with Gasteiger partial charge in [-0.1, -0.05) is 83.3 Å². The van der Waals surface area contributed by atoms with Gasteiger partial charge in [0.2, 0.25) is 11.8 Å². The van der Waals surface area contributed by atoms with Gasteiger partial charge in [-0.2, -0.15) is 4.98 Å². The number of rotatable bonds is 21. The number of nitrogens with one attached hydrogen (secondary N) is 2. The van der Waals surface area contributed by atoms with Crippen molar-refractivity contribution in [3.63, 3.8) is 0 Å². The number of aliphatic hydroxyl groups excluding tert-OH is 1. The van der Waals surface area contributed by atoms with Gasteiger partial charge in [0.15, 0.2) is 4.90 Å². The third kappa shape index (κ3) is 12.2. The van der Waals surface area contributed by atoms with Crippen LogP contribution in [0.15, 0.2) is 90.1 Å². The van der Waals surface area contributed by atoms with Crippen LogP contribution in [0.4, 0.5) is 0 Å². The quantitative estimate of drug-likeness (QED) is 0.0427. The lowest BCUT2D eigenvalue weighted by molar-refractivity contribution is -0.137. The van der Waals surface area contributed by atoms with E-state index in [1.165, 1.54) is 0 Å². The number of carbonyl (C=O) groups is 1. The average molecular weight is 828 g/mol. The fourth-order valence-electron chi connectivity index (χ4n) is 5.47. The molecular weight excluding hydrogens is 787 g/mol. The van der Waals surface area contributed by atoms with Crippen molar-refractivity contribution in [1.82, 2.24) is 20.6 Å². The summed E-state index contributed by atoms with van der Waals surface area (Å²) in [6.07, 6.45) is 5.24. The zero-order chi connectivity index (χ0) is 39.2. The summed E-state index contributed by atoms with van der Waals surface area (Å²) in [7, 11) is 0. The molecule has 0 aliphatic carbocycles. The van der Waals surface area contributed by atoms with Crippen LogP contribution in [0.2, 0.25) is 15.1 Å². The molecule has 2 aromatic heterocycles. The molecular formula is C40H41Cl3N4O7S. The topological polar surface area (TPSA) is 158 Å². The molecule has 1 atom stereocenters. The second-order valence-corrected chi connectivity index (χ2v) is 14.8. The SMILES string of the molecule is C[S+]([O-])c1cncc(COc2nc(OCc3cccc(-c4cccc(-c5ccc(OCCNCCO)cc5)c4Cl)c3Cl)c(Cl)cc2CNCCCC(=O)O)c1. The molecule has 5 rings (SSSR count). The van der Waals surface area contributed by atoms with E-state index in [-0.39, 0.29) is 43.0 Å². The van der Waals surface area contributed by atoms with Crippen LogP contribution in [0.1, 0.15) is 29.5 Å². The molecule has 0 aliphatic heterocycles. The molecule has 0 saturated carbocycles. The normalized spacial score (nSPS) is 11.7. The molecule has 0 fully saturated rings. The van der Waals surface area contributed by atoms with Crippen LogP contribution in [-0.2, 0) is 35.7 Å². The summed E-state index contributed by atoms with van der Waals surface area (Å²) < 4.78 is 30.0. The van der Waals surface area contributed by atoms with Crippen LogP contribution >= 0.6 is 34.8 Å². The summed E-state index contributed by atoms with van der Waals surface area (Å²) >= 11 is 19.5. The number of hydrogen-bond acceptors (Lipinski definition) is 10. The zero-order valence-corrected chi connectivity index (χ0v) is 33.1. The number of halogens is 3. The van der Waals surface area contributed by atoms with Crippen LogP contribution < -0.4 is 24.8 Å². The lowest BCUT2D eigenvalue weighted by atomic mass is 9.97. The van der Waals surface area contributed by atoms with Crippen molar-refractivity contribution in [3.8, 4) is 39.8 Å². The Morgan fingerprint density at radius 2 is 1.55 bits per heavy atom. The van der Waals surface area contributed by atoms with Gasteiger partial charge in [0, 0.05) is 71.7 Å². The smallest absolute Gasteiger partial charge is 0.303 e. The summed E-state index contributed by atoms with van der Waals surface area (Å²) in [5.41, 5.74) is 5.23. The highest BCUT2D eigenvalue weighted by Crippen LogP contribution is 2.41. The lowest BCUT2D eigenvalue weighted by Gasteiger charge is -2.16. The number of carboxylic acid groups (broad SMARTS) is 1. The Bertz CT molecular complexity index is 2040. The number of benzene rings is 3. The molecule has 5 aromatic rings. The summed E-state index contributed by atoms with van der Waals surface area (Å²) in [5.74, 6) is 0.244. The Labute approximate surface area is 338 Å². The predicted octanol–water partition coefficient (Wildman–Crippen LogP) is 7.58. The first-order valence-corrected chi connectivity index (χ1v) is 20.1. The van der Waals surface area contributed by atoms with Gasteiger partial charge in [0.05, 0.1) is 22.8 Å². The highest BCUT2D eigenvalue weighted by atomic mass is 35.5. The second-order valence-electron chi connectivity index (χ2n) is 12.3. The Kier molecular flexibility index (Phi) is 16.3. The van der Waals surface area contributed by atoms with Crippen LogP contribution in [-0.4, -0.2) is 69.8 Å². The maximum Gasteiger partial charge on any atom is 0.303 e. The van der Waals surface area contributed by atoms with Gasteiger partial charge in [0.1, 0.15) is 36.8 Å². The third-order valence-corrected chi connectivity index (χ3v) is 10.3. The minimum absolute atomic E-state index is 0.0359. The number of pyridine rings is 2. The van der Waals surface area contributed by atoms with E-state index in [0.29, 0.717) is 70.8 Å². The maximum absolute atomic E-state index is 12.0. The van der Waals surface area contributed by atoms with Crippen molar-refractivity contribution >= 4 is 51.9 Å². The molecule has 0 spiro atoms. The van der Waals surface area contributed by atoms with E-state index in [0.717, 1.165) is 28.0 Å². The van der Waals surface area contributed by atoms with Crippen LogP contribution in [0.25, 0.3) is 22.3 Å². The average Bonchev–Trinajstić information content (AvgIpc) is 3.18. The molecule has 0 radical (unpaired) electrons. The number of carboxylic acids is 1. The molecule has 4 N–H and O–H groups in total. The van der Waals surface area contributed by atoms with Crippen molar-refractivity contribution < 1.29 is 33.8 Å². The molecule has 290 valence electrons. The second kappa shape index (κ2) is 21.3. The van der Waals surface area contributed by atoms with E-state index in [9.17, 15) is 9.35 Å². The standard InChI is InChI=1S/C40H41Cl3N4O7S/c1-55(51)31-19-26(21-46-23-31)24-53-39-29(22-45-14-4-9-36(49)50)20-35(41)40(47-39)54-25-28-5-2-7-33(37(28)42)34-8-3-6-32(38(34)43)27-10-12-30(13-11-27)52-18-16-44-15-17-48/h2-3,5-8,10-13,19-21,23,44-45,48H,4,9,14-18,22,24-25H2,1H3,(H,49,50). The highest BCUT2D eigenvalue weighted by Gasteiger charge is 2.18. The molecule has 55 heavy (non-hydrogen) atoms.